The molecule has 0 N–H and O–H groups in total. The average Bonchev–Trinajstić information content (AvgIpc) is 3.38. The fraction of sp³-hybridized carbons (Fsp3) is 0.258. The van der Waals surface area contributed by atoms with E-state index in [9.17, 15) is 0 Å². The zero-order chi connectivity index (χ0) is 23.6. The molecular weight excluding hydrogens is 434 g/mol. The Morgan fingerprint density at radius 2 is 1.76 bits per heavy atom. The van der Waals surface area contributed by atoms with E-state index in [0.29, 0.717) is 5.92 Å². The number of furan rings is 1. The van der Waals surface area contributed by atoms with Crippen LogP contribution in [0.2, 0.25) is 0 Å². The van der Waals surface area contributed by atoms with Gasteiger partial charge in [0.2, 0.25) is 0 Å². The highest BCUT2D eigenvalue weighted by Crippen LogP contribution is 2.44. The lowest BCUT2D eigenvalue weighted by atomic mass is 9.82. The quantitative estimate of drug-likeness (QED) is 0.261. The first-order chi connectivity index (χ1) is 16.3. The van der Waals surface area contributed by atoms with E-state index >= 15 is 0 Å². The van der Waals surface area contributed by atoms with Crippen LogP contribution in [0.15, 0.2) is 71.5 Å². The molecule has 0 radical (unpaired) electrons. The largest absolute Gasteiger partial charge is 0.463 e. The smallest absolute Gasteiger partial charge is 0.143 e. The van der Waals surface area contributed by atoms with Crippen molar-refractivity contribution in [2.75, 3.05) is 0 Å². The van der Waals surface area contributed by atoms with Crippen LogP contribution >= 0.6 is 11.3 Å². The number of fused-ring (bicyclic) bond motifs is 6. The van der Waals surface area contributed by atoms with Gasteiger partial charge in [-0.05, 0) is 70.0 Å². The second kappa shape index (κ2) is 7.68. The predicted molar refractivity (Wildman–Crippen MR) is 147 cm³/mol. The van der Waals surface area contributed by atoms with Gasteiger partial charge in [0.1, 0.15) is 5.58 Å². The Bertz CT molecular complexity index is 1690. The molecular formula is C31H29NOS. The highest BCUT2D eigenvalue weighted by molar-refractivity contribution is 7.26. The third kappa shape index (κ3) is 3.33. The first-order valence-electron chi connectivity index (χ1n) is 12.0. The van der Waals surface area contributed by atoms with Crippen LogP contribution in [0.4, 0.5) is 0 Å². The molecule has 3 aromatic carbocycles. The Morgan fingerprint density at radius 3 is 2.56 bits per heavy atom. The van der Waals surface area contributed by atoms with E-state index in [-0.39, 0.29) is 5.41 Å². The second-order valence-electron chi connectivity index (χ2n) is 10.8. The number of hydrogen-bond donors (Lipinski definition) is 0. The lowest BCUT2D eigenvalue weighted by molar-refractivity contribution is 0.596. The minimum atomic E-state index is 0.0385. The van der Waals surface area contributed by atoms with E-state index in [2.05, 4.69) is 89.2 Å². The maximum Gasteiger partial charge on any atom is 0.143 e. The van der Waals surface area contributed by atoms with Gasteiger partial charge in [0.15, 0.2) is 0 Å². The van der Waals surface area contributed by atoms with Gasteiger partial charge in [-0.25, -0.2) is 0 Å². The Balaban J connectivity index is 1.64. The molecule has 3 heteroatoms. The summed E-state index contributed by atoms with van der Waals surface area (Å²) in [5.74, 6) is 0.594. The van der Waals surface area contributed by atoms with Gasteiger partial charge in [-0.15, -0.1) is 11.3 Å². The van der Waals surface area contributed by atoms with Crippen LogP contribution < -0.4 is 0 Å². The van der Waals surface area contributed by atoms with Crippen molar-refractivity contribution < 1.29 is 4.42 Å². The van der Waals surface area contributed by atoms with E-state index in [1.165, 1.54) is 53.0 Å². The van der Waals surface area contributed by atoms with Gasteiger partial charge in [-0.2, -0.15) is 0 Å². The normalized spacial score (nSPS) is 12.6. The van der Waals surface area contributed by atoms with Crippen molar-refractivity contribution >= 4 is 53.3 Å². The van der Waals surface area contributed by atoms with Gasteiger partial charge < -0.3 is 4.42 Å². The number of nitrogens with zero attached hydrogens (tertiary/aromatic N) is 1. The molecule has 6 aromatic rings. The van der Waals surface area contributed by atoms with E-state index in [4.69, 9.17) is 9.40 Å². The van der Waals surface area contributed by atoms with Crippen LogP contribution in [0, 0.1) is 5.92 Å². The summed E-state index contributed by atoms with van der Waals surface area (Å²) in [7, 11) is 0. The van der Waals surface area contributed by atoms with Crippen LogP contribution in [0.25, 0.3) is 53.2 Å². The molecule has 0 spiro atoms. The second-order valence-corrected chi connectivity index (χ2v) is 11.9. The lowest BCUT2D eigenvalue weighted by Crippen LogP contribution is -2.12. The van der Waals surface area contributed by atoms with E-state index in [1.807, 2.05) is 23.8 Å². The molecule has 170 valence electrons. The monoisotopic (exact) mass is 463 g/mol. The van der Waals surface area contributed by atoms with E-state index < -0.39 is 0 Å². The number of rotatable bonds is 3. The third-order valence-corrected chi connectivity index (χ3v) is 7.92. The van der Waals surface area contributed by atoms with Gasteiger partial charge in [0.25, 0.3) is 0 Å². The minimum absolute atomic E-state index is 0.0385. The fourth-order valence-electron chi connectivity index (χ4n) is 5.20. The zero-order valence-corrected chi connectivity index (χ0v) is 21.2. The average molecular weight is 464 g/mol. The topological polar surface area (TPSA) is 26.0 Å². The molecule has 34 heavy (non-hydrogen) atoms. The lowest BCUT2D eigenvalue weighted by Gasteiger charge is -2.22. The highest BCUT2D eigenvalue weighted by atomic mass is 32.1. The summed E-state index contributed by atoms with van der Waals surface area (Å²) < 4.78 is 8.66. The summed E-state index contributed by atoms with van der Waals surface area (Å²) in [5.41, 5.74) is 5.92. The summed E-state index contributed by atoms with van der Waals surface area (Å²) in [6.45, 7) is 11.4. The Kier molecular flexibility index (Phi) is 4.82. The number of hydrogen-bond acceptors (Lipinski definition) is 3. The molecule has 6 rings (SSSR count). The number of pyridine rings is 1. The van der Waals surface area contributed by atoms with Crippen molar-refractivity contribution in [3.05, 3.63) is 78.2 Å². The molecule has 0 fully saturated rings. The number of aromatic nitrogens is 1. The molecule has 2 nitrogen and oxygen atoms in total. The predicted octanol–water partition coefficient (Wildman–Crippen LogP) is 9.51. The molecule has 0 aliphatic carbocycles. The zero-order valence-electron chi connectivity index (χ0n) is 20.4. The summed E-state index contributed by atoms with van der Waals surface area (Å²) in [6.07, 6.45) is 4.93. The van der Waals surface area contributed by atoms with Gasteiger partial charge >= 0.3 is 0 Å². The first-order valence-corrected chi connectivity index (χ1v) is 12.9. The Hall–Kier alpha value is -3.17. The van der Waals surface area contributed by atoms with Crippen LogP contribution in [-0.4, -0.2) is 4.98 Å². The fourth-order valence-corrected chi connectivity index (χ4v) is 6.41. The maximum absolute atomic E-state index is 6.18. The van der Waals surface area contributed by atoms with Crippen molar-refractivity contribution in [2.45, 2.75) is 46.5 Å². The standard InChI is InChI=1S/C31H29NOS/c1-18(2)14-21-17-33-29-23(21)10-11-26-27(29)24-12-13-32-28(30(24)34-26)20-15-19-8-6-7-9-22(19)25(16-20)31(3,4)5/h6-13,15-18H,14H2,1-5H3. The van der Waals surface area contributed by atoms with Crippen LogP contribution in [0.1, 0.15) is 45.7 Å². The summed E-state index contributed by atoms with van der Waals surface area (Å²) in [4.78, 5) is 4.91. The summed E-state index contributed by atoms with van der Waals surface area (Å²) in [6, 6.07) is 20.0. The van der Waals surface area contributed by atoms with Gasteiger partial charge in [-0.1, -0.05) is 58.9 Å². The van der Waals surface area contributed by atoms with Gasteiger partial charge in [0, 0.05) is 32.6 Å². The van der Waals surface area contributed by atoms with Crippen molar-refractivity contribution in [2.24, 2.45) is 5.92 Å². The molecule has 0 unspecified atom stereocenters. The SMILES string of the molecule is CC(C)Cc1coc2c1ccc1sc3c(-c4cc(C(C)(C)C)c5ccccc5c4)nccc3c12. The minimum Gasteiger partial charge on any atom is -0.463 e. The Labute approximate surface area is 204 Å². The van der Waals surface area contributed by atoms with Crippen molar-refractivity contribution in [1.29, 1.82) is 0 Å². The first kappa shape index (κ1) is 21.4. The molecule has 0 bridgehead atoms. The Morgan fingerprint density at radius 1 is 0.941 bits per heavy atom. The van der Waals surface area contributed by atoms with Crippen molar-refractivity contribution in [3.8, 4) is 11.3 Å². The van der Waals surface area contributed by atoms with Crippen LogP contribution in [0.5, 0.6) is 0 Å². The molecule has 3 heterocycles. The summed E-state index contributed by atoms with van der Waals surface area (Å²) >= 11 is 1.82. The van der Waals surface area contributed by atoms with Crippen LogP contribution in [-0.2, 0) is 11.8 Å². The molecule has 0 saturated heterocycles. The molecule has 0 amide bonds. The molecule has 0 aliphatic rings. The van der Waals surface area contributed by atoms with Gasteiger partial charge in [-0.3, -0.25) is 4.98 Å². The molecule has 0 atom stereocenters. The van der Waals surface area contributed by atoms with Gasteiger partial charge in [0.05, 0.1) is 16.7 Å². The maximum atomic E-state index is 6.18. The molecule has 0 saturated carbocycles. The number of benzene rings is 3. The number of thiophene rings is 1. The van der Waals surface area contributed by atoms with Crippen molar-refractivity contribution in [3.63, 3.8) is 0 Å². The third-order valence-electron chi connectivity index (χ3n) is 6.74. The highest BCUT2D eigenvalue weighted by Gasteiger charge is 2.21. The van der Waals surface area contributed by atoms with E-state index in [1.54, 1.807) is 0 Å². The van der Waals surface area contributed by atoms with Crippen LogP contribution in [0.3, 0.4) is 0 Å². The van der Waals surface area contributed by atoms with Crippen molar-refractivity contribution in [1.82, 2.24) is 4.98 Å². The molecule has 0 aliphatic heterocycles. The molecule has 3 aromatic heterocycles. The summed E-state index contributed by atoms with van der Waals surface area (Å²) in [5, 5.41) is 6.26. The van der Waals surface area contributed by atoms with E-state index in [0.717, 1.165) is 17.7 Å².